The van der Waals surface area contributed by atoms with E-state index in [-0.39, 0.29) is 5.54 Å². The zero-order valence-corrected chi connectivity index (χ0v) is 13.7. The largest absolute Gasteiger partial charge is 0.349 e. The van der Waals surface area contributed by atoms with Gasteiger partial charge in [0, 0.05) is 40.3 Å². The Labute approximate surface area is 119 Å². The van der Waals surface area contributed by atoms with E-state index in [1.165, 1.54) is 6.42 Å². The first-order valence-electron chi connectivity index (χ1n) is 7.62. The van der Waals surface area contributed by atoms with Crippen molar-refractivity contribution in [2.45, 2.75) is 45.6 Å². The number of hydrogen-bond acceptors (Lipinski definition) is 2. The van der Waals surface area contributed by atoms with Gasteiger partial charge in [0.2, 0.25) is 0 Å². The highest BCUT2D eigenvalue weighted by atomic mass is 15.4. The fourth-order valence-electron chi connectivity index (χ4n) is 2.55. The minimum Gasteiger partial charge on any atom is -0.349 e. The molecule has 4 heteroatoms. The van der Waals surface area contributed by atoms with Crippen molar-refractivity contribution in [2.75, 3.05) is 47.3 Å². The number of guanidine groups is 1. The smallest absolute Gasteiger partial charge is 0.196 e. The Morgan fingerprint density at radius 2 is 1.74 bits per heavy atom. The maximum atomic E-state index is 5.11. The Bertz CT molecular complexity index is 293. The lowest BCUT2D eigenvalue weighted by molar-refractivity contribution is 0.200. The minimum absolute atomic E-state index is 0.0811. The van der Waals surface area contributed by atoms with E-state index in [0.29, 0.717) is 0 Å². The summed E-state index contributed by atoms with van der Waals surface area (Å²) >= 11 is 0. The Morgan fingerprint density at radius 3 is 2.16 bits per heavy atom. The van der Waals surface area contributed by atoms with Crippen molar-refractivity contribution in [3.63, 3.8) is 0 Å². The Hall–Kier alpha value is -0.770. The second-order valence-electron chi connectivity index (χ2n) is 6.20. The molecule has 1 aliphatic heterocycles. The molecule has 1 fully saturated rings. The summed E-state index contributed by atoms with van der Waals surface area (Å²) in [5.74, 6) is 1.16. The molecule has 0 spiro atoms. The first-order chi connectivity index (χ1) is 8.91. The lowest BCUT2D eigenvalue weighted by Crippen LogP contribution is -2.51. The molecule has 1 rings (SSSR count). The Balaban J connectivity index is 2.86. The molecule has 0 amide bonds. The van der Waals surface area contributed by atoms with Crippen molar-refractivity contribution in [3.05, 3.63) is 0 Å². The van der Waals surface area contributed by atoms with Gasteiger partial charge in [0.05, 0.1) is 5.54 Å². The number of hydrogen-bond donors (Lipinski definition) is 0. The van der Waals surface area contributed by atoms with Gasteiger partial charge in [0.25, 0.3) is 0 Å². The standard InChI is InChI=1S/C15H32N4/c1-7-9-15(3,8-2)16-14(17(4)5)19-12-10-18(6)11-13-19/h7-13H2,1-6H3. The fourth-order valence-corrected chi connectivity index (χ4v) is 2.55. The van der Waals surface area contributed by atoms with Crippen LogP contribution in [0.5, 0.6) is 0 Å². The molecule has 1 aliphatic rings. The van der Waals surface area contributed by atoms with E-state index in [1.54, 1.807) is 0 Å². The van der Waals surface area contributed by atoms with Crippen LogP contribution >= 0.6 is 0 Å². The van der Waals surface area contributed by atoms with Gasteiger partial charge in [-0.15, -0.1) is 0 Å². The zero-order chi connectivity index (χ0) is 14.5. The monoisotopic (exact) mass is 268 g/mol. The summed E-state index contributed by atoms with van der Waals surface area (Å²) in [5.41, 5.74) is 0.0811. The lowest BCUT2D eigenvalue weighted by atomic mass is 9.94. The van der Waals surface area contributed by atoms with Crippen LogP contribution in [0, 0.1) is 0 Å². The molecule has 0 radical (unpaired) electrons. The molecule has 0 bridgehead atoms. The van der Waals surface area contributed by atoms with Crippen LogP contribution in [0.1, 0.15) is 40.0 Å². The number of nitrogens with zero attached hydrogens (tertiary/aromatic N) is 4. The molecule has 1 unspecified atom stereocenters. The van der Waals surface area contributed by atoms with Gasteiger partial charge in [0.15, 0.2) is 5.96 Å². The van der Waals surface area contributed by atoms with Crippen LogP contribution in [0.3, 0.4) is 0 Å². The highest BCUT2D eigenvalue weighted by Gasteiger charge is 2.25. The molecular formula is C15H32N4. The second-order valence-corrected chi connectivity index (χ2v) is 6.20. The summed E-state index contributed by atoms with van der Waals surface area (Å²) in [6.45, 7) is 11.2. The molecule has 0 saturated carbocycles. The average molecular weight is 268 g/mol. The van der Waals surface area contributed by atoms with Gasteiger partial charge in [-0.25, -0.2) is 4.99 Å². The molecule has 4 nitrogen and oxygen atoms in total. The number of likely N-dealkylation sites (N-methyl/N-ethyl adjacent to an activating group) is 1. The highest BCUT2D eigenvalue weighted by Crippen LogP contribution is 2.23. The van der Waals surface area contributed by atoms with Crippen LogP contribution in [0.4, 0.5) is 0 Å². The van der Waals surface area contributed by atoms with E-state index in [2.05, 4.69) is 56.6 Å². The maximum absolute atomic E-state index is 5.11. The van der Waals surface area contributed by atoms with Gasteiger partial charge in [-0.05, 0) is 26.8 Å². The topological polar surface area (TPSA) is 22.1 Å². The molecule has 112 valence electrons. The van der Waals surface area contributed by atoms with E-state index in [1.807, 2.05) is 0 Å². The fraction of sp³-hybridized carbons (Fsp3) is 0.933. The van der Waals surface area contributed by atoms with E-state index < -0.39 is 0 Å². The number of rotatable bonds is 4. The van der Waals surface area contributed by atoms with Crippen LogP contribution in [0.25, 0.3) is 0 Å². The van der Waals surface area contributed by atoms with Crippen molar-refractivity contribution in [2.24, 2.45) is 4.99 Å². The zero-order valence-electron chi connectivity index (χ0n) is 13.7. The minimum atomic E-state index is 0.0811. The first kappa shape index (κ1) is 16.3. The third-order valence-corrected chi connectivity index (χ3v) is 4.11. The van der Waals surface area contributed by atoms with Crippen LogP contribution in [-0.4, -0.2) is 73.5 Å². The predicted molar refractivity (Wildman–Crippen MR) is 83.8 cm³/mol. The molecule has 1 atom stereocenters. The summed E-state index contributed by atoms with van der Waals surface area (Å²) in [6, 6.07) is 0. The van der Waals surface area contributed by atoms with Crippen molar-refractivity contribution in [1.82, 2.24) is 14.7 Å². The van der Waals surface area contributed by atoms with Crippen LogP contribution < -0.4 is 0 Å². The Morgan fingerprint density at radius 1 is 1.16 bits per heavy atom. The van der Waals surface area contributed by atoms with E-state index >= 15 is 0 Å². The van der Waals surface area contributed by atoms with E-state index in [0.717, 1.165) is 45.0 Å². The van der Waals surface area contributed by atoms with Gasteiger partial charge in [-0.1, -0.05) is 20.3 Å². The molecule has 0 N–H and O–H groups in total. The molecule has 19 heavy (non-hydrogen) atoms. The first-order valence-corrected chi connectivity index (χ1v) is 7.62. The van der Waals surface area contributed by atoms with Crippen LogP contribution in [-0.2, 0) is 0 Å². The van der Waals surface area contributed by atoms with Gasteiger partial charge < -0.3 is 14.7 Å². The third kappa shape index (κ3) is 4.68. The summed E-state index contributed by atoms with van der Waals surface area (Å²) in [7, 11) is 6.41. The Kier molecular flexibility index (Phi) is 6.11. The van der Waals surface area contributed by atoms with Gasteiger partial charge >= 0.3 is 0 Å². The van der Waals surface area contributed by atoms with Crippen molar-refractivity contribution in [3.8, 4) is 0 Å². The average Bonchev–Trinajstić information content (AvgIpc) is 2.37. The summed E-state index contributed by atoms with van der Waals surface area (Å²) < 4.78 is 0. The summed E-state index contributed by atoms with van der Waals surface area (Å²) in [4.78, 5) is 12.1. The molecule has 0 aliphatic carbocycles. The highest BCUT2D eigenvalue weighted by molar-refractivity contribution is 5.80. The molecule has 0 aromatic rings. The van der Waals surface area contributed by atoms with E-state index in [9.17, 15) is 0 Å². The molecular weight excluding hydrogens is 236 g/mol. The molecule has 1 saturated heterocycles. The normalized spacial score (nSPS) is 21.4. The second kappa shape index (κ2) is 7.13. The quantitative estimate of drug-likeness (QED) is 0.576. The van der Waals surface area contributed by atoms with Gasteiger partial charge in [-0.3, -0.25) is 0 Å². The SMILES string of the molecule is CCCC(C)(CC)N=C(N(C)C)N1CCN(C)CC1. The van der Waals surface area contributed by atoms with Crippen LogP contribution in [0.15, 0.2) is 4.99 Å². The summed E-state index contributed by atoms with van der Waals surface area (Å²) in [6.07, 6.45) is 3.46. The third-order valence-electron chi connectivity index (χ3n) is 4.11. The predicted octanol–water partition coefficient (Wildman–Crippen LogP) is 2.12. The summed E-state index contributed by atoms with van der Waals surface area (Å²) in [5, 5.41) is 0. The van der Waals surface area contributed by atoms with Crippen molar-refractivity contribution < 1.29 is 0 Å². The van der Waals surface area contributed by atoms with Crippen LogP contribution in [0.2, 0.25) is 0 Å². The van der Waals surface area contributed by atoms with E-state index in [4.69, 9.17) is 4.99 Å². The van der Waals surface area contributed by atoms with Gasteiger partial charge in [0.1, 0.15) is 0 Å². The van der Waals surface area contributed by atoms with Crippen molar-refractivity contribution >= 4 is 5.96 Å². The van der Waals surface area contributed by atoms with Gasteiger partial charge in [-0.2, -0.15) is 0 Å². The number of aliphatic imine (C=N–C) groups is 1. The molecule has 0 aromatic carbocycles. The number of piperazine rings is 1. The molecule has 0 aromatic heterocycles. The maximum Gasteiger partial charge on any atom is 0.196 e. The van der Waals surface area contributed by atoms with Crippen molar-refractivity contribution in [1.29, 1.82) is 0 Å². The lowest BCUT2D eigenvalue weighted by Gasteiger charge is -2.38. The molecule has 1 heterocycles.